The third kappa shape index (κ3) is 4.41. The molecule has 1 amide bonds. The van der Waals surface area contributed by atoms with Crippen molar-refractivity contribution in [3.63, 3.8) is 0 Å². The van der Waals surface area contributed by atoms with Crippen molar-refractivity contribution in [1.29, 1.82) is 5.26 Å². The van der Waals surface area contributed by atoms with Gasteiger partial charge in [-0.3, -0.25) is 9.59 Å². The predicted molar refractivity (Wildman–Crippen MR) is 87.9 cm³/mol. The van der Waals surface area contributed by atoms with E-state index < -0.39 is 0 Å². The number of hydrogen-bond acceptors (Lipinski definition) is 6. The van der Waals surface area contributed by atoms with Crippen LogP contribution in [-0.4, -0.2) is 33.2 Å². The number of hydrogen-bond donors (Lipinski definition) is 2. The molecule has 0 aliphatic heterocycles. The van der Waals surface area contributed by atoms with E-state index in [1.54, 1.807) is 12.1 Å². The maximum Gasteiger partial charge on any atom is 0.271 e. The van der Waals surface area contributed by atoms with Crippen LogP contribution < -0.4 is 15.6 Å². The van der Waals surface area contributed by atoms with Crippen molar-refractivity contribution in [3.05, 3.63) is 52.1 Å². The Bertz CT molecular complexity index is 812. The molecule has 0 bridgehead atoms. The molecule has 1 aliphatic rings. The van der Waals surface area contributed by atoms with Gasteiger partial charge in [-0.05, 0) is 37.8 Å². The van der Waals surface area contributed by atoms with Gasteiger partial charge in [0.05, 0.1) is 5.56 Å². The molecule has 2 heterocycles. The Labute approximate surface area is 143 Å². The lowest BCUT2D eigenvalue weighted by atomic mass is 9.93. The average Bonchev–Trinajstić information content (AvgIpc) is 2.64. The molecule has 2 aromatic rings. The molecule has 8 nitrogen and oxygen atoms in total. The summed E-state index contributed by atoms with van der Waals surface area (Å²) < 4.78 is 5.82. The summed E-state index contributed by atoms with van der Waals surface area (Å²) in [6.45, 7) is 0. The number of aromatic nitrogens is 3. The largest absolute Gasteiger partial charge is 0.474 e. The Hall–Kier alpha value is -3.21. The van der Waals surface area contributed by atoms with Gasteiger partial charge in [-0.2, -0.15) is 10.4 Å². The zero-order valence-electron chi connectivity index (χ0n) is 13.4. The average molecular weight is 339 g/mol. The van der Waals surface area contributed by atoms with Crippen LogP contribution in [0.1, 0.15) is 41.7 Å². The normalized spacial score (nSPS) is 19.6. The molecule has 2 aromatic heterocycles. The van der Waals surface area contributed by atoms with E-state index >= 15 is 0 Å². The number of nitrogens with one attached hydrogen (secondary N) is 2. The van der Waals surface area contributed by atoms with Gasteiger partial charge in [0, 0.05) is 24.4 Å². The number of ether oxygens (including phenoxy) is 1. The third-order valence-electron chi connectivity index (χ3n) is 4.07. The van der Waals surface area contributed by atoms with Crippen LogP contribution in [0, 0.1) is 11.3 Å². The van der Waals surface area contributed by atoms with Crippen LogP contribution in [0.3, 0.4) is 0 Å². The van der Waals surface area contributed by atoms with Crippen molar-refractivity contribution in [2.75, 3.05) is 0 Å². The van der Waals surface area contributed by atoms with Gasteiger partial charge >= 0.3 is 0 Å². The maximum atomic E-state index is 12.1. The lowest BCUT2D eigenvalue weighted by Gasteiger charge is -2.29. The minimum atomic E-state index is -0.342. The fourth-order valence-corrected chi connectivity index (χ4v) is 2.74. The summed E-state index contributed by atoms with van der Waals surface area (Å²) >= 11 is 0. The summed E-state index contributed by atoms with van der Waals surface area (Å²) in [5.74, 6) is 0.207. The van der Waals surface area contributed by atoms with Crippen LogP contribution in [0.5, 0.6) is 5.88 Å². The summed E-state index contributed by atoms with van der Waals surface area (Å²) in [6, 6.07) is 8.10. The van der Waals surface area contributed by atoms with Gasteiger partial charge in [-0.25, -0.2) is 10.1 Å². The van der Waals surface area contributed by atoms with Gasteiger partial charge in [0.1, 0.15) is 17.9 Å². The molecule has 25 heavy (non-hydrogen) atoms. The second-order valence-electron chi connectivity index (χ2n) is 5.87. The van der Waals surface area contributed by atoms with Gasteiger partial charge in [0.25, 0.3) is 11.5 Å². The fourth-order valence-electron chi connectivity index (χ4n) is 2.74. The highest BCUT2D eigenvalue weighted by Gasteiger charge is 2.24. The Morgan fingerprint density at radius 1 is 1.24 bits per heavy atom. The van der Waals surface area contributed by atoms with Crippen molar-refractivity contribution in [1.82, 2.24) is 20.5 Å². The number of nitriles is 1. The molecule has 0 atom stereocenters. The number of rotatable bonds is 4. The predicted octanol–water partition coefficient (Wildman–Crippen LogP) is 1.16. The molecule has 128 valence electrons. The van der Waals surface area contributed by atoms with Gasteiger partial charge in [0.2, 0.25) is 5.88 Å². The highest BCUT2D eigenvalue weighted by atomic mass is 16.5. The van der Waals surface area contributed by atoms with Crippen LogP contribution in [0.4, 0.5) is 0 Å². The standard InChI is InChI=1S/C17H17N5O3/c18-9-11-1-8-16(19-10-11)25-13-4-2-12(3-5-13)20-17(24)14-6-7-15(23)22-21-14/h1,6-8,10,12-13H,2-5H2,(H,20,24)(H,22,23). The monoisotopic (exact) mass is 339 g/mol. The maximum absolute atomic E-state index is 12.1. The highest BCUT2D eigenvalue weighted by molar-refractivity contribution is 5.92. The van der Waals surface area contributed by atoms with Gasteiger partial charge in [-0.15, -0.1) is 0 Å². The second-order valence-corrected chi connectivity index (χ2v) is 5.87. The van der Waals surface area contributed by atoms with Crippen molar-refractivity contribution in [2.45, 2.75) is 37.8 Å². The summed E-state index contributed by atoms with van der Waals surface area (Å²) in [6.07, 6.45) is 4.70. The first-order valence-electron chi connectivity index (χ1n) is 8.03. The van der Waals surface area contributed by atoms with E-state index in [1.807, 2.05) is 6.07 Å². The van der Waals surface area contributed by atoms with E-state index in [0.717, 1.165) is 25.7 Å². The summed E-state index contributed by atoms with van der Waals surface area (Å²) in [5, 5.41) is 17.7. The van der Waals surface area contributed by atoms with Crippen LogP contribution in [0.2, 0.25) is 0 Å². The number of carbonyl (C=O) groups is 1. The molecule has 0 aromatic carbocycles. The molecule has 3 rings (SSSR count). The molecule has 1 saturated carbocycles. The fraction of sp³-hybridized carbons (Fsp3) is 0.353. The quantitative estimate of drug-likeness (QED) is 0.862. The zero-order chi connectivity index (χ0) is 17.6. The molecule has 0 radical (unpaired) electrons. The molecule has 0 spiro atoms. The van der Waals surface area contributed by atoms with Crippen LogP contribution >= 0.6 is 0 Å². The number of pyridine rings is 1. The van der Waals surface area contributed by atoms with Crippen molar-refractivity contribution in [3.8, 4) is 11.9 Å². The summed E-state index contributed by atoms with van der Waals surface area (Å²) in [7, 11) is 0. The van der Waals surface area contributed by atoms with Crippen LogP contribution in [0.25, 0.3) is 0 Å². The SMILES string of the molecule is N#Cc1ccc(OC2CCC(NC(=O)c3ccc(=O)[nH]n3)CC2)nc1. The van der Waals surface area contributed by atoms with E-state index in [-0.39, 0.29) is 29.3 Å². The molecule has 1 aliphatic carbocycles. The zero-order valence-corrected chi connectivity index (χ0v) is 13.4. The molecule has 2 N–H and O–H groups in total. The third-order valence-corrected chi connectivity index (χ3v) is 4.07. The highest BCUT2D eigenvalue weighted by Crippen LogP contribution is 2.23. The number of nitrogens with zero attached hydrogens (tertiary/aromatic N) is 3. The van der Waals surface area contributed by atoms with E-state index in [4.69, 9.17) is 10.00 Å². The van der Waals surface area contributed by atoms with Crippen molar-refractivity contribution >= 4 is 5.91 Å². The number of aromatic amines is 1. The summed E-state index contributed by atoms with van der Waals surface area (Å²) in [4.78, 5) is 27.2. The van der Waals surface area contributed by atoms with E-state index in [1.165, 1.54) is 18.3 Å². The Morgan fingerprint density at radius 3 is 2.64 bits per heavy atom. The van der Waals surface area contributed by atoms with Crippen molar-refractivity contribution in [2.24, 2.45) is 0 Å². The van der Waals surface area contributed by atoms with Crippen molar-refractivity contribution < 1.29 is 9.53 Å². The molecular weight excluding hydrogens is 322 g/mol. The Morgan fingerprint density at radius 2 is 2.04 bits per heavy atom. The molecular formula is C17H17N5O3. The van der Waals surface area contributed by atoms with Gasteiger partial charge in [-0.1, -0.05) is 0 Å². The number of amides is 1. The van der Waals surface area contributed by atoms with Crippen LogP contribution in [-0.2, 0) is 0 Å². The minimum Gasteiger partial charge on any atom is -0.474 e. The van der Waals surface area contributed by atoms with Crippen LogP contribution in [0.15, 0.2) is 35.3 Å². The second kappa shape index (κ2) is 7.57. The smallest absolute Gasteiger partial charge is 0.271 e. The molecule has 0 unspecified atom stereocenters. The summed E-state index contributed by atoms with van der Waals surface area (Å²) in [5.41, 5.74) is 0.347. The molecule has 1 fully saturated rings. The van der Waals surface area contributed by atoms with Gasteiger partial charge in [0.15, 0.2) is 0 Å². The molecule has 8 heteroatoms. The first-order chi connectivity index (χ1) is 12.1. The Balaban J connectivity index is 1.48. The lowest BCUT2D eigenvalue weighted by Crippen LogP contribution is -2.40. The van der Waals surface area contributed by atoms with E-state index in [9.17, 15) is 9.59 Å². The number of H-pyrrole nitrogens is 1. The first-order valence-corrected chi connectivity index (χ1v) is 8.03. The lowest BCUT2D eigenvalue weighted by molar-refractivity contribution is 0.0884. The minimum absolute atomic E-state index is 0.0415. The molecule has 0 saturated heterocycles. The first kappa shape index (κ1) is 16.6. The Kier molecular flexibility index (Phi) is 5.04. The number of carbonyl (C=O) groups excluding carboxylic acids is 1. The topological polar surface area (TPSA) is 121 Å². The van der Waals surface area contributed by atoms with E-state index in [2.05, 4.69) is 20.5 Å². The van der Waals surface area contributed by atoms with Gasteiger partial charge < -0.3 is 10.1 Å². The van der Waals surface area contributed by atoms with E-state index in [0.29, 0.717) is 11.4 Å².